The van der Waals surface area contributed by atoms with E-state index in [2.05, 4.69) is 12.3 Å². The number of rotatable bonds is 1. The van der Waals surface area contributed by atoms with Crippen molar-refractivity contribution in [3.05, 3.63) is 21.4 Å². The lowest BCUT2D eigenvalue weighted by atomic mass is 9.92. The van der Waals surface area contributed by atoms with E-state index >= 15 is 0 Å². The fourth-order valence-corrected chi connectivity index (χ4v) is 3.08. The highest BCUT2D eigenvalue weighted by atomic mass is 32.1. The van der Waals surface area contributed by atoms with Gasteiger partial charge in [-0.3, -0.25) is 0 Å². The van der Waals surface area contributed by atoms with Crippen LogP contribution < -0.4 is 5.73 Å². The van der Waals surface area contributed by atoms with Gasteiger partial charge in [-0.05, 0) is 42.2 Å². The summed E-state index contributed by atoms with van der Waals surface area (Å²) in [6.45, 7) is 2.22. The van der Waals surface area contributed by atoms with Crippen molar-refractivity contribution in [3.63, 3.8) is 0 Å². The quantitative estimate of drug-likeness (QED) is 0.705. The minimum Gasteiger partial charge on any atom is -0.327 e. The molecule has 1 nitrogen and oxygen atoms in total. The summed E-state index contributed by atoms with van der Waals surface area (Å²) >= 11 is 1.92. The van der Waals surface area contributed by atoms with E-state index in [1.54, 1.807) is 10.4 Å². The number of hydrogen-bond donors (Lipinski definition) is 1. The van der Waals surface area contributed by atoms with E-state index in [1.807, 2.05) is 11.3 Å². The van der Waals surface area contributed by atoms with Gasteiger partial charge in [-0.1, -0.05) is 6.92 Å². The summed E-state index contributed by atoms with van der Waals surface area (Å²) in [6.07, 6.45) is 4.67. The predicted octanol–water partition coefficient (Wildman–Crippen LogP) is 2.13. The third-order valence-corrected chi connectivity index (χ3v) is 3.79. The first kappa shape index (κ1) is 8.27. The Bertz CT molecular complexity index is 264. The van der Waals surface area contributed by atoms with Crippen LogP contribution in [-0.2, 0) is 19.3 Å². The Balaban J connectivity index is 2.34. The van der Waals surface area contributed by atoms with Crippen LogP contribution in [0.25, 0.3) is 0 Å². The highest BCUT2D eigenvalue weighted by molar-refractivity contribution is 7.10. The van der Waals surface area contributed by atoms with Gasteiger partial charge in [0.15, 0.2) is 0 Å². The average molecular weight is 181 g/mol. The maximum atomic E-state index is 5.94. The molecular formula is C10H15NS. The number of fused-ring (bicyclic) bond motifs is 1. The predicted molar refractivity (Wildman–Crippen MR) is 53.7 cm³/mol. The van der Waals surface area contributed by atoms with Crippen LogP contribution >= 0.6 is 11.3 Å². The molecular weight excluding hydrogens is 166 g/mol. The van der Waals surface area contributed by atoms with E-state index in [0.29, 0.717) is 6.04 Å². The van der Waals surface area contributed by atoms with Gasteiger partial charge in [0, 0.05) is 10.9 Å². The number of hydrogen-bond acceptors (Lipinski definition) is 2. The Morgan fingerprint density at radius 3 is 3.25 bits per heavy atom. The molecule has 0 amide bonds. The van der Waals surface area contributed by atoms with Gasteiger partial charge in [0.05, 0.1) is 0 Å². The first-order valence-electron chi connectivity index (χ1n) is 4.65. The Morgan fingerprint density at radius 1 is 1.67 bits per heavy atom. The largest absolute Gasteiger partial charge is 0.327 e. The molecule has 1 aliphatic rings. The number of aryl methyl sites for hydroxylation is 2. The average Bonchev–Trinajstić information content (AvgIpc) is 2.46. The van der Waals surface area contributed by atoms with Crippen LogP contribution in [0.4, 0.5) is 0 Å². The van der Waals surface area contributed by atoms with Gasteiger partial charge in [0.1, 0.15) is 0 Å². The first-order chi connectivity index (χ1) is 5.81. The summed E-state index contributed by atoms with van der Waals surface area (Å²) < 4.78 is 0. The minimum absolute atomic E-state index is 0.414. The highest BCUT2D eigenvalue weighted by Gasteiger charge is 2.19. The topological polar surface area (TPSA) is 26.0 Å². The number of thiophene rings is 1. The maximum Gasteiger partial charge on any atom is 0.00832 e. The standard InChI is InChI=1S/C10H15NS/c1-2-7-6-12-10-4-3-8(11)5-9(7)10/h6,8H,2-5,11H2,1H3. The van der Waals surface area contributed by atoms with E-state index in [9.17, 15) is 0 Å². The molecule has 0 saturated heterocycles. The van der Waals surface area contributed by atoms with Crippen LogP contribution in [0.15, 0.2) is 5.38 Å². The Hall–Kier alpha value is -0.340. The van der Waals surface area contributed by atoms with Crippen molar-refractivity contribution in [3.8, 4) is 0 Å². The smallest absolute Gasteiger partial charge is 0.00832 e. The molecule has 0 radical (unpaired) electrons. The molecule has 2 N–H and O–H groups in total. The summed E-state index contributed by atoms with van der Waals surface area (Å²) in [5.74, 6) is 0. The Labute approximate surface area is 77.6 Å². The van der Waals surface area contributed by atoms with E-state index < -0.39 is 0 Å². The maximum absolute atomic E-state index is 5.94. The van der Waals surface area contributed by atoms with Crippen molar-refractivity contribution in [2.75, 3.05) is 0 Å². The third kappa shape index (κ3) is 1.29. The molecule has 2 rings (SSSR count). The Morgan fingerprint density at radius 2 is 2.50 bits per heavy atom. The van der Waals surface area contributed by atoms with Gasteiger partial charge in [-0.25, -0.2) is 0 Å². The fourth-order valence-electron chi connectivity index (χ4n) is 1.90. The summed E-state index contributed by atoms with van der Waals surface area (Å²) in [5, 5.41) is 2.31. The molecule has 0 bridgehead atoms. The van der Waals surface area contributed by atoms with E-state index in [1.165, 1.54) is 24.8 Å². The molecule has 66 valence electrons. The normalized spacial score (nSPS) is 22.3. The van der Waals surface area contributed by atoms with Gasteiger partial charge in [-0.2, -0.15) is 0 Å². The lowest BCUT2D eigenvalue weighted by Gasteiger charge is -2.18. The summed E-state index contributed by atoms with van der Waals surface area (Å²) in [5.41, 5.74) is 9.04. The molecule has 1 aromatic rings. The molecule has 1 aliphatic carbocycles. The molecule has 0 fully saturated rings. The zero-order valence-electron chi connectivity index (χ0n) is 7.47. The van der Waals surface area contributed by atoms with Crippen molar-refractivity contribution in [2.24, 2.45) is 5.73 Å². The summed E-state index contributed by atoms with van der Waals surface area (Å²) in [4.78, 5) is 1.59. The second kappa shape index (κ2) is 3.19. The molecule has 1 atom stereocenters. The van der Waals surface area contributed by atoms with Crippen molar-refractivity contribution >= 4 is 11.3 Å². The van der Waals surface area contributed by atoms with Gasteiger partial charge in [0.25, 0.3) is 0 Å². The van der Waals surface area contributed by atoms with Crippen LogP contribution in [0.5, 0.6) is 0 Å². The molecule has 0 spiro atoms. The molecule has 1 heterocycles. The molecule has 0 aromatic carbocycles. The molecule has 1 aromatic heterocycles. The second-order valence-corrected chi connectivity index (χ2v) is 4.48. The van der Waals surface area contributed by atoms with Crippen LogP contribution in [-0.4, -0.2) is 6.04 Å². The van der Waals surface area contributed by atoms with Crippen molar-refractivity contribution < 1.29 is 0 Å². The lowest BCUT2D eigenvalue weighted by Crippen LogP contribution is -2.27. The number of nitrogens with two attached hydrogens (primary N) is 1. The summed E-state index contributed by atoms with van der Waals surface area (Å²) in [6, 6.07) is 0.414. The van der Waals surface area contributed by atoms with Gasteiger partial charge >= 0.3 is 0 Å². The lowest BCUT2D eigenvalue weighted by molar-refractivity contribution is 0.580. The fraction of sp³-hybridized carbons (Fsp3) is 0.600. The SMILES string of the molecule is CCc1csc2c1CC(N)CC2. The Kier molecular flexibility index (Phi) is 2.20. The zero-order valence-corrected chi connectivity index (χ0v) is 8.29. The van der Waals surface area contributed by atoms with Crippen LogP contribution in [0, 0.1) is 0 Å². The summed E-state index contributed by atoms with van der Waals surface area (Å²) in [7, 11) is 0. The van der Waals surface area contributed by atoms with Crippen LogP contribution in [0.3, 0.4) is 0 Å². The molecule has 12 heavy (non-hydrogen) atoms. The highest BCUT2D eigenvalue weighted by Crippen LogP contribution is 2.29. The molecule has 0 saturated carbocycles. The van der Waals surface area contributed by atoms with Crippen LogP contribution in [0.1, 0.15) is 29.3 Å². The van der Waals surface area contributed by atoms with Gasteiger partial charge in [0.2, 0.25) is 0 Å². The van der Waals surface area contributed by atoms with E-state index in [-0.39, 0.29) is 0 Å². The van der Waals surface area contributed by atoms with Gasteiger partial charge in [-0.15, -0.1) is 11.3 Å². The first-order valence-corrected chi connectivity index (χ1v) is 5.53. The van der Waals surface area contributed by atoms with Crippen molar-refractivity contribution in [2.45, 2.75) is 38.6 Å². The van der Waals surface area contributed by atoms with E-state index in [4.69, 9.17) is 5.73 Å². The van der Waals surface area contributed by atoms with Gasteiger partial charge < -0.3 is 5.73 Å². The molecule has 2 heteroatoms. The van der Waals surface area contributed by atoms with Crippen molar-refractivity contribution in [1.29, 1.82) is 0 Å². The minimum atomic E-state index is 0.414. The van der Waals surface area contributed by atoms with Crippen LogP contribution in [0.2, 0.25) is 0 Å². The van der Waals surface area contributed by atoms with E-state index in [0.717, 1.165) is 6.42 Å². The molecule has 1 unspecified atom stereocenters. The second-order valence-electron chi connectivity index (χ2n) is 3.52. The third-order valence-electron chi connectivity index (χ3n) is 2.66. The zero-order chi connectivity index (χ0) is 8.55. The molecule has 0 aliphatic heterocycles. The van der Waals surface area contributed by atoms with Crippen molar-refractivity contribution in [1.82, 2.24) is 0 Å². The monoisotopic (exact) mass is 181 g/mol.